The Balaban J connectivity index is 2.54. The van der Waals surface area contributed by atoms with Crippen LogP contribution in [0.25, 0.3) is 11.3 Å². The van der Waals surface area contributed by atoms with E-state index in [1.54, 1.807) is 24.5 Å². The summed E-state index contributed by atoms with van der Waals surface area (Å²) in [5.74, 6) is -0.00135. The first-order chi connectivity index (χ1) is 6.77. The van der Waals surface area contributed by atoms with Gasteiger partial charge in [0.2, 0.25) is 5.75 Å². The third kappa shape index (κ3) is 1.50. The smallest absolute Gasteiger partial charge is 0.378 e. The van der Waals surface area contributed by atoms with Gasteiger partial charge in [-0.3, -0.25) is 4.98 Å². The average molecular weight is 189 g/mol. The Morgan fingerprint density at radius 3 is 2.79 bits per heavy atom. The van der Waals surface area contributed by atoms with E-state index in [0.717, 1.165) is 0 Å². The normalized spacial score (nSPS) is 10.0. The standard InChI is InChI=1S/C10H7NO3/c12-8-3-4-9(14-10(8)13)7-2-1-5-11-6-7/h1-6,12H. The Morgan fingerprint density at radius 1 is 1.29 bits per heavy atom. The monoisotopic (exact) mass is 189 g/mol. The van der Waals surface area contributed by atoms with Crippen LogP contribution in [0.4, 0.5) is 0 Å². The number of rotatable bonds is 1. The lowest BCUT2D eigenvalue weighted by Crippen LogP contribution is -1.97. The van der Waals surface area contributed by atoms with Crippen LogP contribution in [-0.2, 0) is 0 Å². The Labute approximate surface area is 79.5 Å². The summed E-state index contributed by atoms with van der Waals surface area (Å²) in [7, 11) is 0. The van der Waals surface area contributed by atoms with Crippen molar-refractivity contribution in [3.05, 3.63) is 47.1 Å². The molecule has 0 spiro atoms. The number of aromatic nitrogens is 1. The van der Waals surface area contributed by atoms with E-state index in [1.165, 1.54) is 12.1 Å². The van der Waals surface area contributed by atoms with E-state index in [1.807, 2.05) is 0 Å². The van der Waals surface area contributed by atoms with Gasteiger partial charge in [0, 0.05) is 18.0 Å². The van der Waals surface area contributed by atoms with Gasteiger partial charge in [0.25, 0.3) is 0 Å². The fraction of sp³-hybridized carbons (Fsp3) is 0. The van der Waals surface area contributed by atoms with Crippen LogP contribution in [0.15, 0.2) is 45.9 Å². The third-order valence-electron chi connectivity index (χ3n) is 1.75. The zero-order valence-electron chi connectivity index (χ0n) is 7.18. The van der Waals surface area contributed by atoms with Crippen molar-refractivity contribution >= 4 is 0 Å². The molecule has 0 saturated carbocycles. The highest BCUT2D eigenvalue weighted by Gasteiger charge is 2.03. The van der Waals surface area contributed by atoms with Gasteiger partial charge in [-0.05, 0) is 24.3 Å². The zero-order valence-corrected chi connectivity index (χ0v) is 7.18. The molecule has 0 fully saturated rings. The van der Waals surface area contributed by atoms with Crippen LogP contribution in [-0.4, -0.2) is 10.1 Å². The maximum Gasteiger partial charge on any atom is 0.378 e. The van der Waals surface area contributed by atoms with Gasteiger partial charge in [-0.15, -0.1) is 0 Å². The van der Waals surface area contributed by atoms with Gasteiger partial charge < -0.3 is 9.52 Å². The van der Waals surface area contributed by atoms with E-state index in [9.17, 15) is 4.79 Å². The molecule has 0 aliphatic rings. The predicted molar refractivity (Wildman–Crippen MR) is 49.9 cm³/mol. The summed E-state index contributed by atoms with van der Waals surface area (Å²) in [6.07, 6.45) is 3.21. The summed E-state index contributed by atoms with van der Waals surface area (Å²) in [5.41, 5.74) is -0.0454. The molecule has 70 valence electrons. The molecule has 1 N–H and O–H groups in total. The molecule has 2 aromatic rings. The van der Waals surface area contributed by atoms with Crippen molar-refractivity contribution in [3.8, 4) is 17.1 Å². The van der Waals surface area contributed by atoms with Crippen molar-refractivity contribution in [2.75, 3.05) is 0 Å². The fourth-order valence-electron chi connectivity index (χ4n) is 1.07. The molecular formula is C10H7NO3. The summed E-state index contributed by atoms with van der Waals surface area (Å²) in [4.78, 5) is 14.9. The summed E-state index contributed by atoms with van der Waals surface area (Å²) < 4.78 is 4.85. The molecule has 0 atom stereocenters. The molecule has 0 aliphatic carbocycles. The topological polar surface area (TPSA) is 63.3 Å². The first-order valence-electron chi connectivity index (χ1n) is 4.01. The van der Waals surface area contributed by atoms with Gasteiger partial charge >= 0.3 is 5.63 Å². The molecule has 0 unspecified atom stereocenters. The van der Waals surface area contributed by atoms with E-state index < -0.39 is 11.4 Å². The molecule has 2 rings (SSSR count). The van der Waals surface area contributed by atoms with E-state index in [0.29, 0.717) is 11.3 Å². The highest BCUT2D eigenvalue weighted by atomic mass is 16.4. The number of aromatic hydroxyl groups is 1. The fourth-order valence-corrected chi connectivity index (χ4v) is 1.07. The summed E-state index contributed by atoms with van der Waals surface area (Å²) in [5, 5.41) is 8.97. The average Bonchev–Trinajstić information content (AvgIpc) is 2.23. The van der Waals surface area contributed by atoms with E-state index in [2.05, 4.69) is 4.98 Å². The molecule has 14 heavy (non-hydrogen) atoms. The second kappa shape index (κ2) is 3.33. The Kier molecular flexibility index (Phi) is 2.02. The molecule has 0 aromatic carbocycles. The summed E-state index contributed by atoms with van der Waals surface area (Å²) in [6.45, 7) is 0. The van der Waals surface area contributed by atoms with Crippen LogP contribution < -0.4 is 5.63 Å². The minimum absolute atomic E-state index is 0.390. The molecular weight excluding hydrogens is 182 g/mol. The maximum absolute atomic E-state index is 11.0. The lowest BCUT2D eigenvalue weighted by atomic mass is 10.2. The quantitative estimate of drug-likeness (QED) is 0.736. The van der Waals surface area contributed by atoms with Crippen molar-refractivity contribution < 1.29 is 9.52 Å². The van der Waals surface area contributed by atoms with Crippen molar-refractivity contribution in [2.24, 2.45) is 0 Å². The van der Waals surface area contributed by atoms with Gasteiger partial charge in [0.1, 0.15) is 5.76 Å². The molecule has 0 saturated heterocycles. The molecule has 0 radical (unpaired) electrons. The van der Waals surface area contributed by atoms with Crippen LogP contribution in [0.1, 0.15) is 0 Å². The Morgan fingerprint density at radius 2 is 2.14 bits per heavy atom. The van der Waals surface area contributed by atoms with E-state index >= 15 is 0 Å². The molecule has 2 aromatic heterocycles. The van der Waals surface area contributed by atoms with Gasteiger partial charge in [0.15, 0.2) is 0 Å². The largest absolute Gasteiger partial charge is 0.502 e. The highest BCUT2D eigenvalue weighted by Crippen LogP contribution is 2.17. The highest BCUT2D eigenvalue weighted by molar-refractivity contribution is 5.55. The van der Waals surface area contributed by atoms with Crippen LogP contribution in [0.5, 0.6) is 5.75 Å². The van der Waals surface area contributed by atoms with Crippen LogP contribution in [0.2, 0.25) is 0 Å². The summed E-state index contributed by atoms with van der Waals surface area (Å²) >= 11 is 0. The summed E-state index contributed by atoms with van der Waals surface area (Å²) in [6, 6.07) is 6.33. The first-order valence-corrected chi connectivity index (χ1v) is 4.01. The van der Waals surface area contributed by atoms with Gasteiger partial charge in [-0.1, -0.05) is 0 Å². The van der Waals surface area contributed by atoms with Crippen molar-refractivity contribution in [3.63, 3.8) is 0 Å². The lowest BCUT2D eigenvalue weighted by Gasteiger charge is -1.97. The lowest BCUT2D eigenvalue weighted by molar-refractivity contribution is 0.417. The maximum atomic E-state index is 11.0. The number of pyridine rings is 1. The van der Waals surface area contributed by atoms with Crippen molar-refractivity contribution in [1.82, 2.24) is 4.98 Å². The van der Waals surface area contributed by atoms with Crippen molar-refractivity contribution in [2.45, 2.75) is 0 Å². The van der Waals surface area contributed by atoms with Gasteiger partial charge in [-0.2, -0.15) is 0 Å². The van der Waals surface area contributed by atoms with Crippen LogP contribution in [0.3, 0.4) is 0 Å². The number of hydrogen-bond acceptors (Lipinski definition) is 4. The first kappa shape index (κ1) is 8.50. The Hall–Kier alpha value is -2.10. The van der Waals surface area contributed by atoms with E-state index in [-0.39, 0.29) is 0 Å². The second-order valence-corrected chi connectivity index (χ2v) is 2.71. The third-order valence-corrected chi connectivity index (χ3v) is 1.75. The van der Waals surface area contributed by atoms with Crippen LogP contribution >= 0.6 is 0 Å². The molecule has 2 heterocycles. The molecule has 0 aliphatic heterocycles. The van der Waals surface area contributed by atoms with E-state index in [4.69, 9.17) is 9.52 Å². The van der Waals surface area contributed by atoms with Gasteiger partial charge in [0.05, 0.1) is 0 Å². The van der Waals surface area contributed by atoms with Crippen LogP contribution in [0, 0.1) is 0 Å². The number of hydrogen-bond donors (Lipinski definition) is 1. The zero-order chi connectivity index (χ0) is 9.97. The molecule has 4 nitrogen and oxygen atoms in total. The molecule has 4 heteroatoms. The molecule has 0 amide bonds. The number of nitrogens with zero attached hydrogens (tertiary/aromatic N) is 1. The second-order valence-electron chi connectivity index (χ2n) is 2.71. The predicted octanol–water partition coefficient (Wildman–Crippen LogP) is 1.41. The van der Waals surface area contributed by atoms with Gasteiger partial charge in [-0.25, -0.2) is 4.79 Å². The minimum Gasteiger partial charge on any atom is -0.502 e. The van der Waals surface area contributed by atoms with Crippen molar-refractivity contribution in [1.29, 1.82) is 0 Å². The molecule has 0 bridgehead atoms. The Bertz CT molecular complexity index is 490. The minimum atomic E-state index is -0.744. The SMILES string of the molecule is O=c1oc(-c2cccnc2)ccc1O.